The minimum atomic E-state index is -3.65. The monoisotopic (exact) mass is 307 g/mol. The van der Waals surface area contributed by atoms with E-state index in [1.54, 1.807) is 0 Å². The van der Waals surface area contributed by atoms with Crippen LogP contribution in [0.15, 0.2) is 29.2 Å². The Morgan fingerprint density at radius 1 is 1.33 bits per heavy atom. The van der Waals surface area contributed by atoms with Crippen LogP contribution in [0.2, 0.25) is 0 Å². The van der Waals surface area contributed by atoms with Crippen molar-refractivity contribution >= 4 is 10.0 Å². The zero-order valence-corrected chi connectivity index (χ0v) is 12.2. The van der Waals surface area contributed by atoms with E-state index in [9.17, 15) is 8.42 Å². The second-order valence-electron chi connectivity index (χ2n) is 5.50. The number of nitrogens with one attached hydrogen (secondary N) is 1. The van der Waals surface area contributed by atoms with Crippen molar-refractivity contribution in [3.8, 4) is 6.07 Å². The van der Waals surface area contributed by atoms with Gasteiger partial charge in [0.25, 0.3) is 0 Å². The normalized spacial score (nSPS) is 31.8. The van der Waals surface area contributed by atoms with Crippen molar-refractivity contribution < 1.29 is 13.2 Å². The fraction of sp³-hybridized carbons (Fsp3) is 0.500. The van der Waals surface area contributed by atoms with E-state index in [1.807, 2.05) is 6.07 Å². The van der Waals surface area contributed by atoms with Gasteiger partial charge in [0, 0.05) is 18.6 Å². The van der Waals surface area contributed by atoms with Gasteiger partial charge >= 0.3 is 0 Å². The summed E-state index contributed by atoms with van der Waals surface area (Å²) in [5.74, 6) is 0.243. The van der Waals surface area contributed by atoms with Gasteiger partial charge in [-0.15, -0.1) is 0 Å². The minimum Gasteiger partial charge on any atom is -0.376 e. The van der Waals surface area contributed by atoms with Gasteiger partial charge < -0.3 is 10.5 Å². The summed E-state index contributed by atoms with van der Waals surface area (Å²) in [4.78, 5) is 0.132. The molecule has 1 saturated carbocycles. The molecule has 1 heterocycles. The molecule has 4 unspecified atom stereocenters. The lowest BCUT2D eigenvalue weighted by molar-refractivity contribution is -0.114. The van der Waals surface area contributed by atoms with Crippen LogP contribution in [0.5, 0.6) is 0 Å². The van der Waals surface area contributed by atoms with Crippen molar-refractivity contribution in [2.75, 3.05) is 6.61 Å². The summed E-state index contributed by atoms with van der Waals surface area (Å²) in [7, 11) is -3.65. The smallest absolute Gasteiger partial charge is 0.240 e. The summed E-state index contributed by atoms with van der Waals surface area (Å²) in [5.41, 5.74) is 6.48. The Labute approximate surface area is 123 Å². The first kappa shape index (κ1) is 14.5. The summed E-state index contributed by atoms with van der Waals surface area (Å²) in [6.07, 6.45) is 1.84. The number of hydrogen-bond acceptors (Lipinski definition) is 5. The summed E-state index contributed by atoms with van der Waals surface area (Å²) in [6, 6.07) is 7.18. The highest BCUT2D eigenvalue weighted by Gasteiger charge is 2.51. The van der Waals surface area contributed by atoms with Gasteiger partial charge in [-0.05, 0) is 37.1 Å². The van der Waals surface area contributed by atoms with E-state index < -0.39 is 10.0 Å². The van der Waals surface area contributed by atoms with Crippen molar-refractivity contribution in [2.24, 2.45) is 11.7 Å². The second-order valence-corrected chi connectivity index (χ2v) is 7.22. The van der Waals surface area contributed by atoms with Crippen LogP contribution in [0.3, 0.4) is 0 Å². The quantitative estimate of drug-likeness (QED) is 0.838. The van der Waals surface area contributed by atoms with E-state index in [2.05, 4.69) is 4.72 Å². The lowest BCUT2D eigenvalue weighted by Gasteiger charge is -2.52. The molecular weight excluding hydrogens is 290 g/mol. The number of benzene rings is 1. The third kappa shape index (κ3) is 2.56. The fourth-order valence-corrected chi connectivity index (χ4v) is 4.33. The number of fused-ring (bicyclic) bond motifs is 1. The molecule has 0 aromatic heterocycles. The first-order chi connectivity index (χ1) is 10.0. The molecule has 0 amide bonds. The Balaban J connectivity index is 1.75. The molecule has 4 atom stereocenters. The standard InChI is InChI=1S/C14H17N3O3S/c15-8-9-3-5-10(6-4-9)21(18,19)17-13-12(16)11-2-1-7-20-14(11)13/h3-6,11-14,17H,1-2,7,16H2. The predicted octanol–water partition coefficient (Wildman–Crippen LogP) is 0.341. The van der Waals surface area contributed by atoms with Crippen LogP contribution in [0.25, 0.3) is 0 Å². The van der Waals surface area contributed by atoms with E-state index >= 15 is 0 Å². The Hall–Kier alpha value is -1.46. The van der Waals surface area contributed by atoms with Gasteiger partial charge in [-0.2, -0.15) is 5.26 Å². The molecule has 3 N–H and O–H groups in total. The molecule has 2 fully saturated rings. The Bertz CT molecular complexity index is 666. The third-order valence-electron chi connectivity index (χ3n) is 4.26. The molecule has 3 rings (SSSR count). The van der Waals surface area contributed by atoms with Crippen LogP contribution >= 0.6 is 0 Å². The molecule has 1 aliphatic heterocycles. The Kier molecular flexibility index (Phi) is 3.71. The first-order valence-corrected chi connectivity index (χ1v) is 8.41. The van der Waals surface area contributed by atoms with Gasteiger partial charge in [-0.25, -0.2) is 13.1 Å². The van der Waals surface area contributed by atoms with Crippen LogP contribution in [0.4, 0.5) is 0 Å². The highest BCUT2D eigenvalue weighted by molar-refractivity contribution is 7.89. The molecule has 2 aliphatic rings. The van der Waals surface area contributed by atoms with E-state index in [4.69, 9.17) is 15.7 Å². The maximum Gasteiger partial charge on any atom is 0.240 e. The average Bonchev–Trinajstić information content (AvgIpc) is 2.52. The van der Waals surface area contributed by atoms with Gasteiger partial charge in [0.2, 0.25) is 10.0 Å². The minimum absolute atomic E-state index is 0.123. The van der Waals surface area contributed by atoms with E-state index in [-0.39, 0.29) is 29.0 Å². The molecule has 0 spiro atoms. The highest BCUT2D eigenvalue weighted by Crippen LogP contribution is 2.37. The van der Waals surface area contributed by atoms with Crippen LogP contribution in [-0.2, 0) is 14.8 Å². The van der Waals surface area contributed by atoms with Crippen LogP contribution in [0.1, 0.15) is 18.4 Å². The van der Waals surface area contributed by atoms with Crippen molar-refractivity contribution in [1.82, 2.24) is 4.72 Å². The number of ether oxygens (including phenoxy) is 1. The number of hydrogen-bond donors (Lipinski definition) is 2. The maximum absolute atomic E-state index is 12.3. The Morgan fingerprint density at radius 2 is 2.05 bits per heavy atom. The highest BCUT2D eigenvalue weighted by atomic mass is 32.2. The first-order valence-electron chi connectivity index (χ1n) is 6.92. The van der Waals surface area contributed by atoms with Crippen LogP contribution in [0, 0.1) is 17.2 Å². The fourth-order valence-electron chi connectivity index (χ4n) is 3.05. The maximum atomic E-state index is 12.3. The van der Waals surface area contributed by atoms with Crippen LogP contribution in [-0.4, -0.2) is 33.2 Å². The van der Waals surface area contributed by atoms with Crippen molar-refractivity contribution in [3.05, 3.63) is 29.8 Å². The third-order valence-corrected chi connectivity index (χ3v) is 5.74. The molecule has 0 bridgehead atoms. The summed E-state index contributed by atoms with van der Waals surface area (Å²) < 4.78 is 33.0. The van der Waals surface area contributed by atoms with Gasteiger partial charge in [-0.3, -0.25) is 0 Å². The van der Waals surface area contributed by atoms with Gasteiger partial charge in [0.1, 0.15) is 0 Å². The summed E-state index contributed by atoms with van der Waals surface area (Å²) in [5, 5.41) is 8.74. The average molecular weight is 307 g/mol. The molecule has 112 valence electrons. The zero-order chi connectivity index (χ0) is 15.0. The van der Waals surface area contributed by atoms with Gasteiger partial charge in [0.15, 0.2) is 0 Å². The molecular formula is C14H17N3O3S. The Morgan fingerprint density at radius 3 is 2.71 bits per heavy atom. The SMILES string of the molecule is N#Cc1ccc(S(=O)(=O)NC2C(N)C3CCCOC32)cc1. The van der Waals surface area contributed by atoms with E-state index in [0.29, 0.717) is 12.2 Å². The molecule has 6 nitrogen and oxygen atoms in total. The largest absolute Gasteiger partial charge is 0.376 e. The summed E-state index contributed by atoms with van der Waals surface area (Å²) >= 11 is 0. The molecule has 0 radical (unpaired) electrons. The molecule has 1 aromatic carbocycles. The zero-order valence-electron chi connectivity index (χ0n) is 11.4. The van der Waals surface area contributed by atoms with Crippen molar-refractivity contribution in [1.29, 1.82) is 5.26 Å². The predicted molar refractivity (Wildman–Crippen MR) is 75.7 cm³/mol. The van der Waals surface area contributed by atoms with E-state index in [0.717, 1.165) is 12.8 Å². The number of sulfonamides is 1. The van der Waals surface area contributed by atoms with Crippen molar-refractivity contribution in [2.45, 2.75) is 35.9 Å². The van der Waals surface area contributed by atoms with Gasteiger partial charge in [0.05, 0.1) is 28.7 Å². The lowest BCUT2D eigenvalue weighted by atomic mass is 9.69. The molecule has 1 aromatic rings. The second kappa shape index (κ2) is 5.39. The van der Waals surface area contributed by atoms with Crippen LogP contribution < -0.4 is 10.5 Å². The molecule has 1 saturated heterocycles. The van der Waals surface area contributed by atoms with Gasteiger partial charge in [-0.1, -0.05) is 0 Å². The topological polar surface area (TPSA) is 105 Å². The number of rotatable bonds is 3. The number of nitrogens with two attached hydrogens (primary N) is 1. The van der Waals surface area contributed by atoms with E-state index in [1.165, 1.54) is 24.3 Å². The molecule has 21 heavy (non-hydrogen) atoms. The van der Waals surface area contributed by atoms with Crippen molar-refractivity contribution in [3.63, 3.8) is 0 Å². The number of nitrogens with zero attached hydrogens (tertiary/aromatic N) is 1. The summed E-state index contributed by atoms with van der Waals surface area (Å²) in [6.45, 7) is 0.656. The molecule has 7 heteroatoms. The lowest BCUT2D eigenvalue weighted by Crippen LogP contribution is -2.71. The number of nitriles is 1. The molecule has 1 aliphatic carbocycles.